The van der Waals surface area contributed by atoms with Crippen molar-refractivity contribution in [2.24, 2.45) is 0 Å². The summed E-state index contributed by atoms with van der Waals surface area (Å²) >= 11 is 0. The molecule has 5 aromatic rings. The Hall–Kier alpha value is -3.83. The Balaban J connectivity index is 1.82. The molecule has 1 heterocycles. The Morgan fingerprint density at radius 2 is 1.54 bits per heavy atom. The molecular formula is C26H17NO. The largest absolute Gasteiger partial charge is 0.460 e. The summed E-state index contributed by atoms with van der Waals surface area (Å²) in [6.45, 7) is 0. The number of nitriles is 1. The summed E-state index contributed by atoms with van der Waals surface area (Å²) in [4.78, 5) is 0. The van der Waals surface area contributed by atoms with Gasteiger partial charge in [0.2, 0.25) is 0 Å². The zero-order valence-electron chi connectivity index (χ0n) is 15.2. The number of furan rings is 1. The predicted octanol–water partition coefficient (Wildman–Crippen LogP) is 6.72. The number of hydrogen-bond acceptors (Lipinski definition) is 2. The standard InChI is InChI=1S/C26H17NO/c27-17-19-11-13-22-21(15-19)12-14-23-26(22)25(20-9-5-2-6-10-20)24(28-23)16-18-7-3-1-4-8-18/h1-15H,16H2. The van der Waals surface area contributed by atoms with Crippen molar-refractivity contribution >= 4 is 21.7 Å². The van der Waals surface area contributed by atoms with Gasteiger partial charge in [-0.2, -0.15) is 5.26 Å². The van der Waals surface area contributed by atoms with Crippen molar-refractivity contribution in [1.82, 2.24) is 0 Å². The molecule has 0 amide bonds. The highest BCUT2D eigenvalue weighted by molar-refractivity contribution is 6.13. The fraction of sp³-hybridized carbons (Fsp3) is 0.0385. The lowest BCUT2D eigenvalue weighted by atomic mass is 9.95. The van der Waals surface area contributed by atoms with Crippen LogP contribution in [-0.2, 0) is 6.42 Å². The van der Waals surface area contributed by atoms with Gasteiger partial charge in [0.1, 0.15) is 11.3 Å². The lowest BCUT2D eigenvalue weighted by Crippen LogP contribution is -1.89. The van der Waals surface area contributed by atoms with Gasteiger partial charge in [-0.1, -0.05) is 72.8 Å². The van der Waals surface area contributed by atoms with E-state index in [1.165, 1.54) is 5.56 Å². The first-order valence-electron chi connectivity index (χ1n) is 9.31. The minimum atomic E-state index is 0.668. The summed E-state index contributed by atoms with van der Waals surface area (Å²) in [6.07, 6.45) is 0.734. The monoisotopic (exact) mass is 359 g/mol. The smallest absolute Gasteiger partial charge is 0.135 e. The van der Waals surface area contributed by atoms with Crippen LogP contribution in [0.2, 0.25) is 0 Å². The van der Waals surface area contributed by atoms with Gasteiger partial charge in [-0.25, -0.2) is 0 Å². The van der Waals surface area contributed by atoms with Crippen LogP contribution in [0.3, 0.4) is 0 Å². The van der Waals surface area contributed by atoms with Gasteiger partial charge in [-0.3, -0.25) is 0 Å². The molecule has 0 radical (unpaired) electrons. The third-order valence-electron chi connectivity index (χ3n) is 5.14. The summed E-state index contributed by atoms with van der Waals surface area (Å²) in [5.74, 6) is 0.962. The molecule has 0 saturated heterocycles. The Morgan fingerprint density at radius 3 is 2.29 bits per heavy atom. The maximum absolute atomic E-state index is 9.24. The molecular weight excluding hydrogens is 342 g/mol. The van der Waals surface area contributed by atoms with E-state index >= 15 is 0 Å². The van der Waals surface area contributed by atoms with Crippen molar-refractivity contribution in [2.45, 2.75) is 6.42 Å². The Bertz CT molecular complexity index is 1330. The van der Waals surface area contributed by atoms with Gasteiger partial charge >= 0.3 is 0 Å². The molecule has 0 fully saturated rings. The quantitative estimate of drug-likeness (QED) is 0.359. The zero-order valence-corrected chi connectivity index (χ0v) is 15.2. The molecule has 28 heavy (non-hydrogen) atoms. The number of benzene rings is 4. The Kier molecular flexibility index (Phi) is 3.92. The first-order chi connectivity index (χ1) is 13.8. The Morgan fingerprint density at radius 1 is 0.786 bits per heavy atom. The summed E-state index contributed by atoms with van der Waals surface area (Å²) in [7, 11) is 0. The van der Waals surface area contributed by atoms with Gasteiger partial charge in [-0.15, -0.1) is 0 Å². The normalized spacial score (nSPS) is 11.0. The second kappa shape index (κ2) is 6.72. The maximum atomic E-state index is 9.24. The summed E-state index contributed by atoms with van der Waals surface area (Å²) < 4.78 is 6.36. The fourth-order valence-electron chi connectivity index (χ4n) is 3.86. The minimum Gasteiger partial charge on any atom is -0.460 e. The molecule has 0 N–H and O–H groups in total. The van der Waals surface area contributed by atoms with E-state index in [2.05, 4.69) is 54.6 Å². The van der Waals surface area contributed by atoms with E-state index in [9.17, 15) is 5.26 Å². The second-order valence-corrected chi connectivity index (χ2v) is 6.92. The molecule has 132 valence electrons. The van der Waals surface area contributed by atoms with Gasteiger partial charge in [0.05, 0.1) is 11.6 Å². The molecule has 5 rings (SSSR count). The van der Waals surface area contributed by atoms with Crippen LogP contribution in [0, 0.1) is 11.3 Å². The highest BCUT2D eigenvalue weighted by atomic mass is 16.3. The van der Waals surface area contributed by atoms with E-state index in [1.807, 2.05) is 42.5 Å². The molecule has 0 saturated carbocycles. The van der Waals surface area contributed by atoms with Crippen LogP contribution in [0.25, 0.3) is 32.9 Å². The molecule has 0 aliphatic carbocycles. The molecule has 1 aromatic heterocycles. The highest BCUT2D eigenvalue weighted by Crippen LogP contribution is 2.40. The number of hydrogen-bond donors (Lipinski definition) is 0. The van der Waals surface area contributed by atoms with E-state index < -0.39 is 0 Å². The van der Waals surface area contributed by atoms with Crippen molar-refractivity contribution in [1.29, 1.82) is 5.26 Å². The zero-order chi connectivity index (χ0) is 18.9. The number of rotatable bonds is 3. The van der Waals surface area contributed by atoms with Crippen LogP contribution >= 0.6 is 0 Å². The first kappa shape index (κ1) is 16.4. The van der Waals surface area contributed by atoms with Gasteiger partial charge in [0.25, 0.3) is 0 Å². The second-order valence-electron chi connectivity index (χ2n) is 6.92. The van der Waals surface area contributed by atoms with Gasteiger partial charge in [0, 0.05) is 17.4 Å². The fourth-order valence-corrected chi connectivity index (χ4v) is 3.86. The molecule has 0 aliphatic rings. The molecule has 0 bridgehead atoms. The molecule has 0 spiro atoms. The van der Waals surface area contributed by atoms with Crippen LogP contribution in [0.1, 0.15) is 16.9 Å². The third kappa shape index (κ3) is 2.74. The molecule has 2 nitrogen and oxygen atoms in total. The summed E-state index contributed by atoms with van der Waals surface area (Å²) in [5.41, 5.74) is 5.04. The van der Waals surface area contributed by atoms with Crippen molar-refractivity contribution < 1.29 is 4.42 Å². The van der Waals surface area contributed by atoms with Crippen LogP contribution in [0.15, 0.2) is 95.4 Å². The maximum Gasteiger partial charge on any atom is 0.135 e. The third-order valence-corrected chi connectivity index (χ3v) is 5.14. The van der Waals surface area contributed by atoms with Crippen LogP contribution in [0.5, 0.6) is 0 Å². The van der Waals surface area contributed by atoms with Gasteiger partial charge in [-0.05, 0) is 40.1 Å². The van der Waals surface area contributed by atoms with E-state index in [-0.39, 0.29) is 0 Å². The van der Waals surface area contributed by atoms with Gasteiger partial charge in [0.15, 0.2) is 0 Å². The van der Waals surface area contributed by atoms with Gasteiger partial charge < -0.3 is 4.42 Å². The lowest BCUT2D eigenvalue weighted by Gasteiger charge is -2.06. The number of nitrogens with zero attached hydrogens (tertiary/aromatic N) is 1. The number of fused-ring (bicyclic) bond motifs is 3. The summed E-state index contributed by atoms with van der Waals surface area (Å²) in [5, 5.41) is 12.5. The molecule has 2 heteroatoms. The van der Waals surface area contributed by atoms with E-state index in [0.29, 0.717) is 5.56 Å². The van der Waals surface area contributed by atoms with Crippen molar-refractivity contribution in [3.63, 3.8) is 0 Å². The minimum absolute atomic E-state index is 0.668. The average molecular weight is 359 g/mol. The average Bonchev–Trinajstić information content (AvgIpc) is 3.13. The topological polar surface area (TPSA) is 36.9 Å². The predicted molar refractivity (Wildman–Crippen MR) is 113 cm³/mol. The SMILES string of the molecule is N#Cc1ccc2c(ccc3oc(Cc4ccccc4)c(-c4ccccc4)c32)c1. The summed E-state index contributed by atoms with van der Waals surface area (Å²) in [6, 6.07) is 32.9. The van der Waals surface area contributed by atoms with Crippen molar-refractivity contribution in [3.8, 4) is 17.2 Å². The molecule has 0 aliphatic heterocycles. The van der Waals surface area contributed by atoms with Crippen LogP contribution in [-0.4, -0.2) is 0 Å². The highest BCUT2D eigenvalue weighted by Gasteiger charge is 2.18. The van der Waals surface area contributed by atoms with Crippen molar-refractivity contribution in [3.05, 3.63) is 108 Å². The van der Waals surface area contributed by atoms with Crippen LogP contribution in [0.4, 0.5) is 0 Å². The van der Waals surface area contributed by atoms with Crippen LogP contribution < -0.4 is 0 Å². The first-order valence-corrected chi connectivity index (χ1v) is 9.31. The van der Waals surface area contributed by atoms with Crippen molar-refractivity contribution in [2.75, 3.05) is 0 Å². The van der Waals surface area contributed by atoms with E-state index in [4.69, 9.17) is 4.42 Å². The molecule has 0 atom stereocenters. The van der Waals surface area contributed by atoms with E-state index in [1.54, 1.807) is 0 Å². The molecule has 4 aromatic carbocycles. The Labute approximate surface area is 163 Å². The van der Waals surface area contributed by atoms with E-state index in [0.717, 1.165) is 45.0 Å². The lowest BCUT2D eigenvalue weighted by molar-refractivity contribution is 0.564. The molecule has 0 unspecified atom stereocenters.